The third-order valence-electron chi connectivity index (χ3n) is 5.12. The van der Waals surface area contributed by atoms with Gasteiger partial charge in [0.25, 0.3) is 5.91 Å². The first-order valence-electron chi connectivity index (χ1n) is 9.06. The minimum atomic E-state index is -3.42. The molecule has 0 unspecified atom stereocenters. The number of fused-ring (bicyclic) bond motifs is 1. The number of amides is 1. The molecule has 1 aromatic heterocycles. The maximum Gasteiger partial charge on any atom is 0.256 e. The van der Waals surface area contributed by atoms with E-state index in [-0.39, 0.29) is 10.8 Å². The Morgan fingerprint density at radius 2 is 1.69 bits per heavy atom. The molecule has 0 atom stereocenters. The lowest BCUT2D eigenvalue weighted by atomic mass is 9.95. The number of benzene rings is 1. The van der Waals surface area contributed by atoms with E-state index < -0.39 is 10.0 Å². The largest absolute Gasteiger partial charge is 0.322 e. The number of carbonyl (C=O) groups is 1. The van der Waals surface area contributed by atoms with Crippen LogP contribution in [-0.2, 0) is 22.9 Å². The Labute approximate surface area is 158 Å². The molecule has 0 bridgehead atoms. The van der Waals surface area contributed by atoms with E-state index in [0.717, 1.165) is 37.7 Å². The molecule has 2 aliphatic rings. The van der Waals surface area contributed by atoms with E-state index in [4.69, 9.17) is 0 Å². The van der Waals surface area contributed by atoms with Gasteiger partial charge in [-0.1, -0.05) is 0 Å². The molecule has 1 N–H and O–H groups in total. The first-order chi connectivity index (χ1) is 12.6. The summed E-state index contributed by atoms with van der Waals surface area (Å²) in [6, 6.07) is 6.48. The van der Waals surface area contributed by atoms with Crippen molar-refractivity contribution in [2.24, 2.45) is 0 Å². The van der Waals surface area contributed by atoms with Gasteiger partial charge < -0.3 is 5.32 Å². The van der Waals surface area contributed by atoms with Crippen molar-refractivity contribution >= 4 is 33.0 Å². The number of aryl methyl sites for hydroxylation is 1. The smallest absolute Gasteiger partial charge is 0.256 e. The number of thiophene rings is 1. The quantitative estimate of drug-likeness (QED) is 0.866. The highest BCUT2D eigenvalue weighted by Crippen LogP contribution is 2.31. The van der Waals surface area contributed by atoms with Gasteiger partial charge in [-0.05, 0) is 68.4 Å². The molecule has 7 heteroatoms. The summed E-state index contributed by atoms with van der Waals surface area (Å²) >= 11 is 1.67. The summed E-state index contributed by atoms with van der Waals surface area (Å²) in [5, 5.41) is 4.84. The van der Waals surface area contributed by atoms with Crippen LogP contribution >= 0.6 is 11.3 Å². The molecule has 0 radical (unpaired) electrons. The minimum absolute atomic E-state index is 0.112. The van der Waals surface area contributed by atoms with E-state index in [1.54, 1.807) is 35.6 Å². The zero-order valence-corrected chi connectivity index (χ0v) is 16.2. The Balaban J connectivity index is 1.49. The number of rotatable bonds is 4. The van der Waals surface area contributed by atoms with Gasteiger partial charge in [0.15, 0.2) is 0 Å². The summed E-state index contributed by atoms with van der Waals surface area (Å²) in [7, 11) is -3.42. The number of nitrogens with zero attached hydrogens (tertiary/aromatic N) is 1. The molecule has 138 valence electrons. The SMILES string of the molecule is O=C(Nc1ccc(S(=O)(=O)N2CCCC2)cc1)c1csc2c1CCCC2. The summed E-state index contributed by atoms with van der Waals surface area (Å²) in [5.41, 5.74) is 2.57. The molecule has 0 spiro atoms. The number of hydrogen-bond acceptors (Lipinski definition) is 4. The molecule has 1 amide bonds. The second kappa shape index (κ2) is 7.13. The highest BCUT2D eigenvalue weighted by Gasteiger charge is 2.27. The molecule has 2 aromatic rings. The van der Waals surface area contributed by atoms with Crippen molar-refractivity contribution in [3.05, 3.63) is 45.6 Å². The highest BCUT2D eigenvalue weighted by atomic mass is 32.2. The molecule has 5 nitrogen and oxygen atoms in total. The molecular weight excluding hydrogens is 368 g/mol. The number of carbonyl (C=O) groups excluding carboxylic acids is 1. The van der Waals surface area contributed by atoms with Crippen molar-refractivity contribution in [1.82, 2.24) is 4.31 Å². The minimum Gasteiger partial charge on any atom is -0.322 e. The third kappa shape index (κ3) is 3.31. The van der Waals surface area contributed by atoms with Crippen molar-refractivity contribution in [1.29, 1.82) is 0 Å². The second-order valence-electron chi connectivity index (χ2n) is 6.85. The fraction of sp³-hybridized carbons (Fsp3) is 0.421. The van der Waals surface area contributed by atoms with Crippen LogP contribution < -0.4 is 5.32 Å². The summed E-state index contributed by atoms with van der Waals surface area (Å²) in [4.78, 5) is 14.2. The maximum atomic E-state index is 12.6. The lowest BCUT2D eigenvalue weighted by molar-refractivity contribution is 0.102. The van der Waals surface area contributed by atoms with Gasteiger partial charge in [0.1, 0.15) is 0 Å². The van der Waals surface area contributed by atoms with Crippen molar-refractivity contribution in [3.8, 4) is 0 Å². The number of anilines is 1. The van der Waals surface area contributed by atoms with Gasteiger partial charge in [0.2, 0.25) is 10.0 Å². The van der Waals surface area contributed by atoms with Gasteiger partial charge >= 0.3 is 0 Å². The fourth-order valence-electron chi connectivity index (χ4n) is 3.67. The zero-order chi connectivity index (χ0) is 18.1. The summed E-state index contributed by atoms with van der Waals surface area (Å²) < 4.78 is 26.6. The van der Waals surface area contributed by atoms with Crippen molar-refractivity contribution < 1.29 is 13.2 Å². The van der Waals surface area contributed by atoms with Gasteiger partial charge in [0.05, 0.1) is 10.5 Å². The van der Waals surface area contributed by atoms with Gasteiger partial charge in [-0.15, -0.1) is 11.3 Å². The van der Waals surface area contributed by atoms with Crippen LogP contribution in [0.4, 0.5) is 5.69 Å². The zero-order valence-electron chi connectivity index (χ0n) is 14.5. The average Bonchev–Trinajstić information content (AvgIpc) is 3.32. The third-order valence-corrected chi connectivity index (χ3v) is 8.12. The molecule has 1 saturated heterocycles. The first-order valence-corrected chi connectivity index (χ1v) is 11.4. The molecule has 1 fully saturated rings. The van der Waals surface area contributed by atoms with Crippen LogP contribution in [0.3, 0.4) is 0 Å². The van der Waals surface area contributed by atoms with E-state index >= 15 is 0 Å². The molecular formula is C19H22N2O3S2. The standard InChI is InChI=1S/C19H22N2O3S2/c22-19(17-13-25-18-6-2-1-5-16(17)18)20-14-7-9-15(10-8-14)26(23,24)21-11-3-4-12-21/h7-10,13H,1-6,11-12H2,(H,20,22). The van der Waals surface area contributed by atoms with E-state index in [1.807, 2.05) is 5.38 Å². The summed E-state index contributed by atoms with van der Waals surface area (Å²) in [6.07, 6.45) is 6.19. The lowest BCUT2D eigenvalue weighted by Gasteiger charge is -2.16. The van der Waals surface area contributed by atoms with Crippen LogP contribution in [0.25, 0.3) is 0 Å². The van der Waals surface area contributed by atoms with Gasteiger partial charge in [0, 0.05) is 29.0 Å². The Morgan fingerprint density at radius 1 is 1.00 bits per heavy atom. The maximum absolute atomic E-state index is 12.6. The Bertz CT molecular complexity index is 911. The number of sulfonamides is 1. The van der Waals surface area contributed by atoms with Gasteiger partial charge in [-0.2, -0.15) is 4.31 Å². The van der Waals surface area contributed by atoms with E-state index in [1.165, 1.54) is 21.2 Å². The second-order valence-corrected chi connectivity index (χ2v) is 9.75. The van der Waals surface area contributed by atoms with Gasteiger partial charge in [-0.25, -0.2) is 8.42 Å². The molecule has 4 rings (SSSR count). The summed E-state index contributed by atoms with van der Waals surface area (Å²) in [6.45, 7) is 1.17. The Kier molecular flexibility index (Phi) is 4.86. The first kappa shape index (κ1) is 17.7. The van der Waals surface area contributed by atoms with Crippen LogP contribution in [0.2, 0.25) is 0 Å². The molecule has 2 heterocycles. The van der Waals surface area contributed by atoms with E-state index in [9.17, 15) is 13.2 Å². The normalized spacial score (nSPS) is 17.8. The molecule has 0 saturated carbocycles. The van der Waals surface area contributed by atoms with Gasteiger partial charge in [-0.3, -0.25) is 4.79 Å². The lowest BCUT2D eigenvalue weighted by Crippen LogP contribution is -2.27. The fourth-order valence-corrected chi connectivity index (χ4v) is 6.31. The van der Waals surface area contributed by atoms with Crippen molar-refractivity contribution in [2.75, 3.05) is 18.4 Å². The summed E-state index contributed by atoms with van der Waals surface area (Å²) in [5.74, 6) is -0.112. The molecule has 1 aliphatic carbocycles. The molecule has 1 aliphatic heterocycles. The van der Waals surface area contributed by atoms with Crippen LogP contribution in [-0.4, -0.2) is 31.7 Å². The van der Waals surface area contributed by atoms with Crippen LogP contribution in [0.5, 0.6) is 0 Å². The van der Waals surface area contributed by atoms with Crippen LogP contribution in [0, 0.1) is 0 Å². The van der Waals surface area contributed by atoms with Crippen LogP contribution in [0.1, 0.15) is 46.5 Å². The average molecular weight is 391 g/mol. The predicted molar refractivity (Wildman–Crippen MR) is 103 cm³/mol. The number of hydrogen-bond donors (Lipinski definition) is 1. The monoisotopic (exact) mass is 390 g/mol. The predicted octanol–water partition coefficient (Wildman–Crippen LogP) is 3.66. The van der Waals surface area contributed by atoms with E-state index in [2.05, 4.69) is 5.32 Å². The van der Waals surface area contributed by atoms with Crippen molar-refractivity contribution in [2.45, 2.75) is 43.4 Å². The Morgan fingerprint density at radius 3 is 2.42 bits per heavy atom. The number of nitrogens with one attached hydrogen (secondary N) is 1. The molecule has 1 aromatic carbocycles. The van der Waals surface area contributed by atoms with E-state index in [0.29, 0.717) is 18.8 Å². The van der Waals surface area contributed by atoms with Crippen LogP contribution in [0.15, 0.2) is 34.5 Å². The topological polar surface area (TPSA) is 66.5 Å². The van der Waals surface area contributed by atoms with Crippen molar-refractivity contribution in [3.63, 3.8) is 0 Å². The molecule has 26 heavy (non-hydrogen) atoms. The Hall–Kier alpha value is -1.70. The highest BCUT2D eigenvalue weighted by molar-refractivity contribution is 7.89.